The molecule has 0 atom stereocenters. The van der Waals surface area contributed by atoms with E-state index in [-0.39, 0.29) is 0 Å². The number of rotatable bonds is 4. The van der Waals surface area contributed by atoms with E-state index >= 15 is 0 Å². The van der Waals surface area contributed by atoms with Crippen LogP contribution in [0.3, 0.4) is 0 Å². The largest absolute Gasteiger partial charge is 0.372 e. The van der Waals surface area contributed by atoms with Crippen LogP contribution in [0.15, 0.2) is 23.1 Å². The summed E-state index contributed by atoms with van der Waals surface area (Å²) in [5.41, 5.74) is 0.746. The van der Waals surface area contributed by atoms with Crippen molar-refractivity contribution in [1.29, 1.82) is 0 Å². The molecule has 0 radical (unpaired) electrons. The maximum Gasteiger partial charge on any atom is 0.245 e. The minimum atomic E-state index is 0.406. The minimum Gasteiger partial charge on any atom is -0.372 e. The van der Waals surface area contributed by atoms with Gasteiger partial charge in [0.05, 0.1) is 12.7 Å². The van der Waals surface area contributed by atoms with Crippen molar-refractivity contribution in [2.75, 3.05) is 17.7 Å². The second kappa shape index (κ2) is 4.56. The lowest BCUT2D eigenvalue weighted by atomic mass is 10.5. The second-order valence-electron chi connectivity index (χ2n) is 3.97. The number of hydrogen-bond donors (Lipinski definition) is 2. The van der Waals surface area contributed by atoms with Crippen molar-refractivity contribution in [2.24, 2.45) is 0 Å². The highest BCUT2D eigenvalue weighted by Gasteiger charge is 2.08. The van der Waals surface area contributed by atoms with Gasteiger partial charge in [0.15, 0.2) is 17.3 Å². The van der Waals surface area contributed by atoms with E-state index in [4.69, 9.17) is 4.52 Å². The summed E-state index contributed by atoms with van der Waals surface area (Å²) in [7, 11) is 1.82. The van der Waals surface area contributed by atoms with Gasteiger partial charge in [0.1, 0.15) is 5.82 Å². The molecular formula is C11H13N7O. The van der Waals surface area contributed by atoms with Gasteiger partial charge in [-0.15, -0.1) is 0 Å². The molecule has 98 valence electrons. The zero-order valence-corrected chi connectivity index (χ0v) is 10.6. The van der Waals surface area contributed by atoms with E-state index < -0.39 is 0 Å². The fourth-order valence-electron chi connectivity index (χ4n) is 1.74. The summed E-state index contributed by atoms with van der Waals surface area (Å²) in [5, 5.41) is 9.88. The maximum atomic E-state index is 5.04. The molecule has 0 aromatic carbocycles. The summed E-state index contributed by atoms with van der Waals surface area (Å²) >= 11 is 0. The van der Waals surface area contributed by atoms with Crippen LogP contribution < -0.4 is 10.6 Å². The quantitative estimate of drug-likeness (QED) is 0.724. The number of hydrogen-bond acceptors (Lipinski definition) is 7. The Hall–Kier alpha value is -2.64. The first-order chi connectivity index (χ1) is 9.26. The number of nitrogens with one attached hydrogen (secondary N) is 2. The van der Waals surface area contributed by atoms with Crippen LogP contribution in [-0.2, 0) is 6.54 Å². The van der Waals surface area contributed by atoms with Gasteiger partial charge in [-0.25, -0.2) is 9.97 Å². The summed E-state index contributed by atoms with van der Waals surface area (Å²) in [6.45, 7) is 2.18. The van der Waals surface area contributed by atoms with Gasteiger partial charge in [-0.1, -0.05) is 5.16 Å². The van der Waals surface area contributed by atoms with Crippen LogP contribution in [0.1, 0.15) is 11.7 Å². The fourth-order valence-corrected chi connectivity index (χ4v) is 1.74. The zero-order chi connectivity index (χ0) is 13.2. The summed E-state index contributed by atoms with van der Waals surface area (Å²) in [4.78, 5) is 12.8. The highest BCUT2D eigenvalue weighted by atomic mass is 16.5. The van der Waals surface area contributed by atoms with Crippen LogP contribution in [0.4, 0.5) is 11.6 Å². The smallest absolute Gasteiger partial charge is 0.245 e. The molecule has 2 N–H and O–H groups in total. The van der Waals surface area contributed by atoms with Gasteiger partial charge < -0.3 is 19.6 Å². The number of anilines is 2. The third kappa shape index (κ3) is 2.19. The molecule has 8 nitrogen and oxygen atoms in total. The Balaban J connectivity index is 1.88. The number of nitrogens with zero attached hydrogens (tertiary/aromatic N) is 5. The van der Waals surface area contributed by atoms with Crippen molar-refractivity contribution in [3.8, 4) is 0 Å². The maximum absolute atomic E-state index is 5.04. The molecule has 0 saturated heterocycles. The third-order valence-electron chi connectivity index (χ3n) is 2.61. The average molecular weight is 259 g/mol. The highest BCUT2D eigenvalue weighted by molar-refractivity contribution is 5.65. The molecular weight excluding hydrogens is 246 g/mol. The standard InChI is InChI=1S/C11H13N7O/c1-7-15-9(19-17-7)5-14-10-11-13-3-4-18(11)6-8(12-2)16-10/h3-4,6,12H,5H2,1-2H3,(H,14,16). The minimum absolute atomic E-state index is 0.406. The molecule has 0 aliphatic carbocycles. The van der Waals surface area contributed by atoms with Gasteiger partial charge in [-0.3, -0.25) is 0 Å². The van der Waals surface area contributed by atoms with Crippen molar-refractivity contribution >= 4 is 17.3 Å². The zero-order valence-electron chi connectivity index (χ0n) is 10.6. The Morgan fingerprint density at radius 2 is 2.26 bits per heavy atom. The Morgan fingerprint density at radius 3 is 3.00 bits per heavy atom. The van der Waals surface area contributed by atoms with Crippen LogP contribution in [0.2, 0.25) is 0 Å². The van der Waals surface area contributed by atoms with Crippen LogP contribution in [0.25, 0.3) is 5.65 Å². The second-order valence-corrected chi connectivity index (χ2v) is 3.97. The molecule has 3 aromatic heterocycles. The highest BCUT2D eigenvalue weighted by Crippen LogP contribution is 2.16. The Morgan fingerprint density at radius 1 is 1.37 bits per heavy atom. The van der Waals surface area contributed by atoms with Gasteiger partial charge >= 0.3 is 0 Å². The lowest BCUT2D eigenvalue weighted by Gasteiger charge is -2.07. The van der Waals surface area contributed by atoms with E-state index in [1.54, 1.807) is 13.1 Å². The molecule has 0 bridgehead atoms. The van der Waals surface area contributed by atoms with Crippen LogP contribution in [0.5, 0.6) is 0 Å². The molecule has 0 fully saturated rings. The number of fused-ring (bicyclic) bond motifs is 1. The molecule has 0 saturated carbocycles. The number of aryl methyl sites for hydroxylation is 1. The lowest BCUT2D eigenvalue weighted by molar-refractivity contribution is 0.379. The molecule has 0 aliphatic rings. The summed E-state index contributed by atoms with van der Waals surface area (Å²) in [6.07, 6.45) is 5.45. The molecule has 8 heteroatoms. The molecule has 0 amide bonds. The Kier molecular flexibility index (Phi) is 2.75. The van der Waals surface area contributed by atoms with E-state index in [0.29, 0.717) is 24.1 Å². The first kappa shape index (κ1) is 11.5. The van der Waals surface area contributed by atoms with E-state index in [2.05, 4.69) is 30.7 Å². The topological polar surface area (TPSA) is 93.2 Å². The SMILES string of the molecule is CNc1cn2ccnc2c(NCc2nc(C)no2)n1. The number of aromatic nitrogens is 5. The van der Waals surface area contributed by atoms with Crippen LogP contribution >= 0.6 is 0 Å². The normalized spacial score (nSPS) is 10.8. The van der Waals surface area contributed by atoms with Gasteiger partial charge in [-0.05, 0) is 6.92 Å². The summed E-state index contributed by atoms with van der Waals surface area (Å²) in [5.74, 6) is 2.53. The molecule has 0 unspecified atom stereocenters. The van der Waals surface area contributed by atoms with Crippen LogP contribution in [0, 0.1) is 6.92 Å². The Labute approximate surface area is 108 Å². The molecule has 0 aliphatic heterocycles. The fraction of sp³-hybridized carbons (Fsp3) is 0.273. The summed E-state index contributed by atoms with van der Waals surface area (Å²) in [6, 6.07) is 0. The molecule has 19 heavy (non-hydrogen) atoms. The molecule has 3 heterocycles. The summed E-state index contributed by atoms with van der Waals surface area (Å²) < 4.78 is 6.93. The van der Waals surface area contributed by atoms with Gasteiger partial charge in [0.25, 0.3) is 0 Å². The van der Waals surface area contributed by atoms with Gasteiger partial charge in [0, 0.05) is 19.4 Å². The lowest BCUT2D eigenvalue weighted by Crippen LogP contribution is -2.06. The van der Waals surface area contributed by atoms with Crippen molar-refractivity contribution in [2.45, 2.75) is 13.5 Å². The monoisotopic (exact) mass is 259 g/mol. The molecule has 0 spiro atoms. The molecule has 3 rings (SSSR count). The van der Waals surface area contributed by atoms with E-state index in [1.807, 2.05) is 23.8 Å². The number of imidazole rings is 1. The first-order valence-electron chi connectivity index (χ1n) is 5.81. The van der Waals surface area contributed by atoms with Crippen molar-refractivity contribution in [3.05, 3.63) is 30.3 Å². The third-order valence-corrected chi connectivity index (χ3v) is 2.61. The van der Waals surface area contributed by atoms with Crippen molar-refractivity contribution in [3.63, 3.8) is 0 Å². The average Bonchev–Trinajstić information content (AvgIpc) is 3.04. The first-order valence-corrected chi connectivity index (χ1v) is 5.81. The van der Waals surface area contributed by atoms with E-state index in [1.165, 1.54) is 0 Å². The van der Waals surface area contributed by atoms with Crippen LogP contribution in [-0.4, -0.2) is 31.6 Å². The van der Waals surface area contributed by atoms with Gasteiger partial charge in [0.2, 0.25) is 5.89 Å². The molecule has 3 aromatic rings. The van der Waals surface area contributed by atoms with E-state index in [9.17, 15) is 0 Å². The van der Waals surface area contributed by atoms with E-state index in [0.717, 1.165) is 11.5 Å². The van der Waals surface area contributed by atoms with Crippen molar-refractivity contribution in [1.82, 2.24) is 24.5 Å². The van der Waals surface area contributed by atoms with Gasteiger partial charge in [-0.2, -0.15) is 4.98 Å². The predicted molar refractivity (Wildman–Crippen MR) is 68.9 cm³/mol. The van der Waals surface area contributed by atoms with Crippen molar-refractivity contribution < 1.29 is 4.52 Å². The Bertz CT molecular complexity index is 702. The predicted octanol–water partition coefficient (Wildman–Crippen LogP) is 1.07.